The molecule has 0 heterocycles. The van der Waals surface area contributed by atoms with Crippen molar-refractivity contribution in [2.45, 2.75) is 0 Å². The first-order chi connectivity index (χ1) is 8.81. The summed E-state index contributed by atoms with van der Waals surface area (Å²) in [7, 11) is 0. The summed E-state index contributed by atoms with van der Waals surface area (Å²) in [6.07, 6.45) is 1.69. The Morgan fingerprint density at radius 1 is 0.722 bits per heavy atom. The average molecular weight is 234 g/mol. The molecule has 2 heteroatoms. The number of benzene rings is 3. The molecule has 3 rings (SSSR count). The van der Waals surface area contributed by atoms with E-state index in [0.717, 1.165) is 34.1 Å². The minimum Gasteiger partial charge on any atom is -0.298 e. The largest absolute Gasteiger partial charge is 0.298 e. The molecule has 0 aliphatic heterocycles. The highest BCUT2D eigenvalue weighted by Gasteiger charge is 2.03. The van der Waals surface area contributed by atoms with Gasteiger partial charge in [0.05, 0.1) is 0 Å². The molecule has 2 nitrogen and oxygen atoms in total. The lowest BCUT2D eigenvalue weighted by molar-refractivity contribution is 0.111. The third-order valence-corrected chi connectivity index (χ3v) is 3.16. The minimum atomic E-state index is 0.644. The SMILES string of the molecule is O=Cc1ccc2cc3cccc(C=O)c3cc2c1. The van der Waals surface area contributed by atoms with Crippen LogP contribution in [-0.2, 0) is 0 Å². The molecule has 0 bridgehead atoms. The Morgan fingerprint density at radius 3 is 2.39 bits per heavy atom. The van der Waals surface area contributed by atoms with Crippen LogP contribution in [0.4, 0.5) is 0 Å². The molecule has 0 aliphatic carbocycles. The van der Waals surface area contributed by atoms with E-state index >= 15 is 0 Å². The predicted octanol–water partition coefficient (Wildman–Crippen LogP) is 3.62. The first kappa shape index (κ1) is 10.7. The van der Waals surface area contributed by atoms with E-state index in [1.165, 1.54) is 0 Å². The van der Waals surface area contributed by atoms with Crippen LogP contribution < -0.4 is 0 Å². The lowest BCUT2D eigenvalue weighted by Crippen LogP contribution is -1.85. The summed E-state index contributed by atoms with van der Waals surface area (Å²) in [5.74, 6) is 0. The number of rotatable bonds is 2. The Labute approximate surface area is 104 Å². The third-order valence-electron chi connectivity index (χ3n) is 3.16. The van der Waals surface area contributed by atoms with Crippen LogP contribution in [0.2, 0.25) is 0 Å². The molecule has 3 aromatic rings. The fourth-order valence-corrected chi connectivity index (χ4v) is 2.24. The molecule has 0 amide bonds. The molecule has 0 spiro atoms. The van der Waals surface area contributed by atoms with Gasteiger partial charge in [0.2, 0.25) is 0 Å². The van der Waals surface area contributed by atoms with E-state index in [2.05, 4.69) is 0 Å². The van der Waals surface area contributed by atoms with Gasteiger partial charge in [-0.05, 0) is 39.7 Å². The molecule has 0 aromatic heterocycles. The van der Waals surface area contributed by atoms with Crippen LogP contribution in [0.25, 0.3) is 21.5 Å². The first-order valence-corrected chi connectivity index (χ1v) is 5.69. The number of aldehydes is 2. The van der Waals surface area contributed by atoms with Gasteiger partial charge in [0, 0.05) is 11.1 Å². The van der Waals surface area contributed by atoms with E-state index in [4.69, 9.17) is 0 Å². The summed E-state index contributed by atoms with van der Waals surface area (Å²) >= 11 is 0. The Bertz CT molecular complexity index is 772. The predicted molar refractivity (Wildman–Crippen MR) is 72.2 cm³/mol. The van der Waals surface area contributed by atoms with Gasteiger partial charge in [-0.25, -0.2) is 0 Å². The summed E-state index contributed by atoms with van der Waals surface area (Å²) in [5, 5.41) is 3.99. The molecule has 0 unspecified atom stereocenters. The van der Waals surface area contributed by atoms with Gasteiger partial charge in [0.15, 0.2) is 6.29 Å². The summed E-state index contributed by atoms with van der Waals surface area (Å²) in [6.45, 7) is 0. The molecule has 0 atom stereocenters. The Morgan fingerprint density at radius 2 is 1.61 bits per heavy atom. The van der Waals surface area contributed by atoms with E-state index in [0.29, 0.717) is 11.1 Å². The maximum atomic E-state index is 11.0. The average Bonchev–Trinajstić information content (AvgIpc) is 2.43. The molecule has 18 heavy (non-hydrogen) atoms. The highest BCUT2D eigenvalue weighted by Crippen LogP contribution is 2.25. The molecule has 0 saturated carbocycles. The third kappa shape index (κ3) is 1.59. The van der Waals surface area contributed by atoms with Crippen molar-refractivity contribution in [1.82, 2.24) is 0 Å². The molecule has 0 fully saturated rings. The van der Waals surface area contributed by atoms with Crippen molar-refractivity contribution in [1.29, 1.82) is 0 Å². The Hall–Kier alpha value is -2.48. The minimum absolute atomic E-state index is 0.644. The van der Waals surface area contributed by atoms with E-state index in [-0.39, 0.29) is 0 Å². The molecule has 0 radical (unpaired) electrons. The van der Waals surface area contributed by atoms with Crippen LogP contribution in [0.5, 0.6) is 0 Å². The lowest BCUT2D eigenvalue weighted by atomic mass is 9.99. The Kier molecular flexibility index (Phi) is 2.41. The van der Waals surface area contributed by atoms with Crippen molar-refractivity contribution >= 4 is 34.1 Å². The summed E-state index contributed by atoms with van der Waals surface area (Å²) in [4.78, 5) is 21.8. The molecule has 0 saturated heterocycles. The Balaban J connectivity index is 2.43. The smallest absolute Gasteiger partial charge is 0.150 e. The lowest BCUT2D eigenvalue weighted by Gasteiger charge is -2.04. The molecule has 0 N–H and O–H groups in total. The van der Waals surface area contributed by atoms with Gasteiger partial charge in [-0.1, -0.05) is 30.3 Å². The van der Waals surface area contributed by atoms with Gasteiger partial charge >= 0.3 is 0 Å². The standard InChI is InChI=1S/C16H10O2/c17-9-11-4-5-12-7-13-2-1-3-14(10-18)16(13)8-15(12)6-11/h1-10H. The molecule has 86 valence electrons. The highest BCUT2D eigenvalue weighted by atomic mass is 16.1. The zero-order valence-electron chi connectivity index (χ0n) is 9.59. The normalized spacial score (nSPS) is 10.7. The van der Waals surface area contributed by atoms with Crippen molar-refractivity contribution in [2.75, 3.05) is 0 Å². The maximum Gasteiger partial charge on any atom is 0.150 e. The fourth-order valence-electron chi connectivity index (χ4n) is 2.24. The van der Waals surface area contributed by atoms with Crippen LogP contribution in [0.3, 0.4) is 0 Å². The van der Waals surface area contributed by atoms with E-state index in [9.17, 15) is 9.59 Å². The zero-order chi connectivity index (χ0) is 12.5. The summed E-state index contributed by atoms with van der Waals surface area (Å²) in [5.41, 5.74) is 1.32. The molecule has 0 aliphatic rings. The van der Waals surface area contributed by atoms with Gasteiger partial charge in [0.1, 0.15) is 6.29 Å². The van der Waals surface area contributed by atoms with Gasteiger partial charge in [-0.3, -0.25) is 9.59 Å². The number of fused-ring (bicyclic) bond motifs is 2. The van der Waals surface area contributed by atoms with Crippen molar-refractivity contribution in [3.8, 4) is 0 Å². The number of carbonyl (C=O) groups is 2. The second-order valence-electron chi connectivity index (χ2n) is 4.26. The van der Waals surface area contributed by atoms with Gasteiger partial charge in [-0.15, -0.1) is 0 Å². The molecular weight excluding hydrogens is 224 g/mol. The van der Waals surface area contributed by atoms with Gasteiger partial charge < -0.3 is 0 Å². The second kappa shape index (κ2) is 4.08. The number of hydrogen-bond acceptors (Lipinski definition) is 2. The highest BCUT2D eigenvalue weighted by molar-refractivity contribution is 6.05. The first-order valence-electron chi connectivity index (χ1n) is 5.69. The van der Waals surface area contributed by atoms with Crippen molar-refractivity contribution in [3.05, 3.63) is 59.7 Å². The maximum absolute atomic E-state index is 11.0. The van der Waals surface area contributed by atoms with Crippen LogP contribution in [0, 0.1) is 0 Å². The molecule has 3 aromatic carbocycles. The summed E-state index contributed by atoms with van der Waals surface area (Å²) in [6, 6.07) is 15.2. The fraction of sp³-hybridized carbons (Fsp3) is 0. The van der Waals surface area contributed by atoms with E-state index in [1.807, 2.05) is 36.4 Å². The van der Waals surface area contributed by atoms with Crippen LogP contribution in [-0.4, -0.2) is 12.6 Å². The van der Waals surface area contributed by atoms with Crippen LogP contribution in [0.1, 0.15) is 20.7 Å². The van der Waals surface area contributed by atoms with Gasteiger partial charge in [-0.2, -0.15) is 0 Å². The van der Waals surface area contributed by atoms with Crippen molar-refractivity contribution in [3.63, 3.8) is 0 Å². The topological polar surface area (TPSA) is 34.1 Å². The number of carbonyl (C=O) groups excluding carboxylic acids is 2. The van der Waals surface area contributed by atoms with Crippen LogP contribution >= 0.6 is 0 Å². The van der Waals surface area contributed by atoms with Crippen molar-refractivity contribution in [2.24, 2.45) is 0 Å². The molecular formula is C16H10O2. The van der Waals surface area contributed by atoms with E-state index < -0.39 is 0 Å². The summed E-state index contributed by atoms with van der Waals surface area (Å²) < 4.78 is 0. The monoisotopic (exact) mass is 234 g/mol. The quantitative estimate of drug-likeness (QED) is 0.501. The second-order valence-corrected chi connectivity index (χ2v) is 4.26. The van der Waals surface area contributed by atoms with Crippen molar-refractivity contribution < 1.29 is 9.59 Å². The van der Waals surface area contributed by atoms with E-state index in [1.54, 1.807) is 12.1 Å². The van der Waals surface area contributed by atoms with Crippen LogP contribution in [0.15, 0.2) is 48.5 Å². The number of hydrogen-bond donors (Lipinski definition) is 0. The van der Waals surface area contributed by atoms with Gasteiger partial charge in [0.25, 0.3) is 0 Å². The zero-order valence-corrected chi connectivity index (χ0v) is 9.59.